The summed E-state index contributed by atoms with van der Waals surface area (Å²) < 4.78 is 5.17. The Morgan fingerprint density at radius 2 is 1.75 bits per heavy atom. The Bertz CT molecular complexity index is 1110. The summed E-state index contributed by atoms with van der Waals surface area (Å²) in [4.78, 5) is 41.3. The predicted octanol–water partition coefficient (Wildman–Crippen LogP) is 2.26. The highest BCUT2D eigenvalue weighted by Crippen LogP contribution is 2.25. The fraction of sp³-hybridized carbons (Fsp3) is 0.238. The Labute approximate surface area is 182 Å². The summed E-state index contributed by atoms with van der Waals surface area (Å²) in [6.07, 6.45) is -2.31. The summed E-state index contributed by atoms with van der Waals surface area (Å²) in [7, 11) is 1.60. The zero-order valence-corrected chi connectivity index (χ0v) is 17.2. The van der Waals surface area contributed by atoms with Crippen molar-refractivity contribution in [2.24, 2.45) is 0 Å². The number of H-pyrrole nitrogens is 1. The first-order valence-electron chi connectivity index (χ1n) is 9.74. The zero-order valence-electron chi connectivity index (χ0n) is 17.2. The number of methoxy groups -OCH3 is 1. The van der Waals surface area contributed by atoms with Crippen LogP contribution in [0.2, 0.25) is 0 Å². The molecule has 0 fully saturated rings. The molecule has 2 aromatic carbocycles. The van der Waals surface area contributed by atoms with E-state index in [4.69, 9.17) is 14.9 Å². The minimum Gasteiger partial charge on any atom is -0.497 e. The number of imidazole rings is 1. The fourth-order valence-corrected chi connectivity index (χ4v) is 3.13. The molecule has 1 atom stereocenters. The van der Waals surface area contributed by atoms with Crippen molar-refractivity contribution in [2.75, 3.05) is 20.2 Å². The third-order valence-corrected chi connectivity index (χ3v) is 4.73. The van der Waals surface area contributed by atoms with Crippen molar-refractivity contribution in [3.63, 3.8) is 0 Å². The van der Waals surface area contributed by atoms with Gasteiger partial charge in [0.25, 0.3) is 5.91 Å². The number of rotatable bonds is 9. The third kappa shape index (κ3) is 5.88. The van der Waals surface area contributed by atoms with Gasteiger partial charge in [0.15, 0.2) is 5.82 Å². The summed E-state index contributed by atoms with van der Waals surface area (Å²) in [5, 5.41) is 24.6. The Hall–Kier alpha value is -4.28. The summed E-state index contributed by atoms with van der Waals surface area (Å²) in [6, 6.07) is 12.5. The molecule has 0 bridgehead atoms. The van der Waals surface area contributed by atoms with Gasteiger partial charge in [-0.2, -0.15) is 0 Å². The molecule has 0 unspecified atom stereocenters. The van der Waals surface area contributed by atoms with E-state index in [1.807, 2.05) is 36.4 Å². The molecule has 3 rings (SSSR count). The van der Waals surface area contributed by atoms with Crippen molar-refractivity contribution >= 4 is 29.1 Å². The fourth-order valence-electron chi connectivity index (χ4n) is 3.13. The van der Waals surface area contributed by atoms with Crippen LogP contribution in [0.5, 0.6) is 5.75 Å². The topological polar surface area (TPSA) is 166 Å². The van der Waals surface area contributed by atoms with Gasteiger partial charge >= 0.3 is 12.2 Å². The molecule has 6 N–H and O–H groups in total. The Balaban J connectivity index is 1.67. The Kier molecular flexibility index (Phi) is 7.11. The normalized spacial score (nSPS) is 11.5. The monoisotopic (exact) mass is 441 g/mol. The van der Waals surface area contributed by atoms with Crippen LogP contribution in [0.4, 0.5) is 9.59 Å². The summed E-state index contributed by atoms with van der Waals surface area (Å²) >= 11 is 0. The minimum atomic E-state index is -1.27. The molecule has 0 spiro atoms. The predicted molar refractivity (Wildman–Crippen MR) is 116 cm³/mol. The highest BCUT2D eigenvalue weighted by molar-refractivity contribution is 5.95. The lowest BCUT2D eigenvalue weighted by molar-refractivity contribution is 0.0938. The molecule has 0 aliphatic heterocycles. The third-order valence-electron chi connectivity index (χ3n) is 4.73. The van der Waals surface area contributed by atoms with Crippen molar-refractivity contribution in [1.82, 2.24) is 25.9 Å². The lowest BCUT2D eigenvalue weighted by atomic mass is 10.1. The van der Waals surface area contributed by atoms with E-state index >= 15 is 0 Å². The summed E-state index contributed by atoms with van der Waals surface area (Å²) in [5.41, 5.74) is 3.20. The average molecular weight is 441 g/mol. The Morgan fingerprint density at radius 1 is 1.03 bits per heavy atom. The van der Waals surface area contributed by atoms with Crippen LogP contribution in [0.25, 0.3) is 22.2 Å². The van der Waals surface area contributed by atoms with E-state index in [0.29, 0.717) is 11.0 Å². The van der Waals surface area contributed by atoms with Crippen molar-refractivity contribution in [1.29, 1.82) is 0 Å². The van der Waals surface area contributed by atoms with Gasteiger partial charge in [-0.25, -0.2) is 14.6 Å². The van der Waals surface area contributed by atoms with E-state index in [-0.39, 0.29) is 25.3 Å². The molecular formula is C21H23N5O6. The number of nitrogens with one attached hydrogen (secondary N) is 4. The second kappa shape index (κ2) is 10.2. The van der Waals surface area contributed by atoms with Gasteiger partial charge in [-0.1, -0.05) is 18.2 Å². The van der Waals surface area contributed by atoms with E-state index < -0.39 is 24.1 Å². The van der Waals surface area contributed by atoms with E-state index in [1.165, 1.54) is 0 Å². The number of nitrogens with zero attached hydrogens (tertiary/aromatic N) is 1. The minimum absolute atomic E-state index is 0.0272. The van der Waals surface area contributed by atoms with Crippen molar-refractivity contribution in [3.05, 3.63) is 48.3 Å². The van der Waals surface area contributed by atoms with Crippen LogP contribution in [0, 0.1) is 0 Å². The maximum absolute atomic E-state index is 12.5. The lowest BCUT2D eigenvalue weighted by Crippen LogP contribution is -2.45. The maximum Gasteiger partial charge on any atom is 0.404 e. The number of benzene rings is 2. The van der Waals surface area contributed by atoms with Crippen LogP contribution < -0.4 is 20.7 Å². The van der Waals surface area contributed by atoms with Gasteiger partial charge in [-0.05, 0) is 41.8 Å². The van der Waals surface area contributed by atoms with Gasteiger partial charge in [0, 0.05) is 13.1 Å². The van der Waals surface area contributed by atoms with Crippen LogP contribution in [-0.2, 0) is 0 Å². The molecule has 0 saturated heterocycles. The molecule has 0 aliphatic rings. The van der Waals surface area contributed by atoms with Gasteiger partial charge in [0.05, 0.1) is 24.2 Å². The molecule has 3 aromatic rings. The number of carbonyl (C=O) groups is 3. The molecule has 1 aromatic heterocycles. The maximum atomic E-state index is 12.5. The average Bonchev–Trinajstić information content (AvgIpc) is 3.20. The number of carbonyl (C=O) groups excluding carboxylic acids is 1. The quantitative estimate of drug-likeness (QED) is 0.296. The molecular weight excluding hydrogens is 418 g/mol. The van der Waals surface area contributed by atoms with Crippen LogP contribution >= 0.6 is 0 Å². The number of hydrogen-bond acceptors (Lipinski definition) is 5. The van der Waals surface area contributed by atoms with Crippen molar-refractivity contribution in [2.45, 2.75) is 12.5 Å². The zero-order chi connectivity index (χ0) is 23.1. The van der Waals surface area contributed by atoms with Crippen molar-refractivity contribution < 1.29 is 29.3 Å². The standard InChI is InChI=1S/C21H23N5O6/c1-32-15-5-2-12(3-6-15)13-4-7-16-17(10-13)26-18(25-16)19(27)23-11-14(24-21(30)31)8-9-22-20(28)29/h2-7,10,14,22,24H,8-9,11H2,1H3,(H,23,27)(H,25,26)(H,28,29)(H,30,31)/t14-/m0/s1. The Morgan fingerprint density at radius 3 is 2.41 bits per heavy atom. The van der Waals surface area contributed by atoms with Crippen LogP contribution in [0.1, 0.15) is 17.0 Å². The van der Waals surface area contributed by atoms with Gasteiger partial charge in [0.2, 0.25) is 0 Å². The van der Waals surface area contributed by atoms with E-state index in [2.05, 4.69) is 25.9 Å². The number of amides is 3. The first kappa shape index (κ1) is 22.4. The number of hydrogen-bond donors (Lipinski definition) is 6. The number of fused-ring (bicyclic) bond motifs is 1. The molecule has 3 amide bonds. The molecule has 11 heteroatoms. The number of carboxylic acid groups (broad SMARTS) is 2. The number of ether oxygens (including phenoxy) is 1. The molecule has 0 saturated carbocycles. The molecule has 11 nitrogen and oxygen atoms in total. The van der Waals surface area contributed by atoms with Gasteiger partial charge < -0.3 is 35.9 Å². The van der Waals surface area contributed by atoms with Crippen molar-refractivity contribution in [3.8, 4) is 16.9 Å². The molecule has 0 radical (unpaired) electrons. The van der Waals surface area contributed by atoms with E-state index in [0.717, 1.165) is 16.9 Å². The molecule has 1 heterocycles. The lowest BCUT2D eigenvalue weighted by Gasteiger charge is -2.17. The van der Waals surface area contributed by atoms with Crippen LogP contribution in [-0.4, -0.2) is 64.5 Å². The number of aromatic amines is 1. The van der Waals surface area contributed by atoms with E-state index in [9.17, 15) is 14.4 Å². The number of aromatic nitrogens is 2. The largest absolute Gasteiger partial charge is 0.497 e. The smallest absolute Gasteiger partial charge is 0.404 e. The molecule has 0 aliphatic carbocycles. The molecule has 168 valence electrons. The first-order valence-corrected chi connectivity index (χ1v) is 9.74. The molecule has 32 heavy (non-hydrogen) atoms. The summed E-state index contributed by atoms with van der Waals surface area (Å²) in [6.45, 7) is 0.00943. The summed E-state index contributed by atoms with van der Waals surface area (Å²) in [5.74, 6) is 0.338. The first-order chi connectivity index (χ1) is 15.4. The van der Waals surface area contributed by atoms with E-state index in [1.54, 1.807) is 13.2 Å². The second-order valence-electron chi connectivity index (χ2n) is 6.92. The highest BCUT2D eigenvalue weighted by Gasteiger charge is 2.16. The van der Waals surface area contributed by atoms with Gasteiger partial charge in [-0.15, -0.1) is 0 Å². The van der Waals surface area contributed by atoms with Gasteiger partial charge in [-0.3, -0.25) is 4.79 Å². The SMILES string of the molecule is COc1ccc(-c2ccc3nc(C(=O)NC[C@H](CCNC(=O)O)NC(=O)O)[nH]c3c2)cc1. The van der Waals surface area contributed by atoms with Gasteiger partial charge in [0.1, 0.15) is 5.75 Å². The van der Waals surface area contributed by atoms with Crippen LogP contribution in [0.15, 0.2) is 42.5 Å². The van der Waals surface area contributed by atoms with Crippen LogP contribution in [0.3, 0.4) is 0 Å². The second-order valence-corrected chi connectivity index (χ2v) is 6.92. The highest BCUT2D eigenvalue weighted by atomic mass is 16.5.